The van der Waals surface area contributed by atoms with Gasteiger partial charge in [-0.1, -0.05) is 31.5 Å². The Hall–Kier alpha value is -3.18. The summed E-state index contributed by atoms with van der Waals surface area (Å²) >= 11 is 8.86. The topological polar surface area (TPSA) is 106 Å². The number of para-hydroxylation sites is 1. The highest BCUT2D eigenvalue weighted by molar-refractivity contribution is 9.10. The Bertz CT molecular complexity index is 1100. The normalized spacial score (nSPS) is 14.9. The van der Waals surface area contributed by atoms with Crippen molar-refractivity contribution in [3.8, 4) is 11.5 Å². The zero-order valence-corrected chi connectivity index (χ0v) is 22.9. The van der Waals surface area contributed by atoms with Crippen LogP contribution in [0, 0.1) is 0 Å². The summed E-state index contributed by atoms with van der Waals surface area (Å²) in [6.45, 7) is 3.57. The lowest BCUT2D eigenvalue weighted by Gasteiger charge is -2.36. The third-order valence-corrected chi connectivity index (χ3v) is 6.44. The predicted molar refractivity (Wildman–Crippen MR) is 146 cm³/mol. The lowest BCUT2D eigenvalue weighted by atomic mass is 10.1. The van der Waals surface area contributed by atoms with Gasteiger partial charge in [-0.3, -0.25) is 19.7 Å². The van der Waals surface area contributed by atoms with Crippen molar-refractivity contribution in [2.45, 2.75) is 32.2 Å². The van der Waals surface area contributed by atoms with Crippen molar-refractivity contribution in [3.63, 3.8) is 0 Å². The molecule has 0 aromatic heterocycles. The number of carbonyl (C=O) groups is 3. The third kappa shape index (κ3) is 8.71. The first kappa shape index (κ1) is 28.4. The lowest BCUT2D eigenvalue weighted by Crippen LogP contribution is -2.60. The van der Waals surface area contributed by atoms with Gasteiger partial charge in [0.2, 0.25) is 5.91 Å². The highest BCUT2D eigenvalue weighted by Crippen LogP contribution is 2.26. The highest BCUT2D eigenvalue weighted by Gasteiger charge is 2.34. The van der Waals surface area contributed by atoms with Gasteiger partial charge in [0.1, 0.15) is 30.8 Å². The standard InChI is InChI=1S/C26H30BrN3O6S/c1-2-3-13-35-22-10-9-18(16-20(22)27)24(32)29-26(37)30-12-11-28-25(33)21(30)17-23(31)36-15-14-34-19-7-5-4-6-8-19/h4-10,16,21H,2-3,11-15,17H2,1H3,(H,28,33)(H,29,32,37). The molecule has 1 aliphatic rings. The molecule has 1 heterocycles. The molecular formula is C26H30BrN3O6S. The number of thiocarbonyl (C=S) groups is 1. The summed E-state index contributed by atoms with van der Waals surface area (Å²) in [6.07, 6.45) is 1.73. The number of unbranched alkanes of at least 4 members (excludes halogenated alkanes) is 1. The molecule has 0 radical (unpaired) electrons. The van der Waals surface area contributed by atoms with Gasteiger partial charge in [0.25, 0.3) is 5.91 Å². The van der Waals surface area contributed by atoms with Crippen LogP contribution in [0.4, 0.5) is 0 Å². The van der Waals surface area contributed by atoms with Crippen LogP contribution in [0.25, 0.3) is 0 Å². The number of hydrogen-bond donors (Lipinski definition) is 2. The van der Waals surface area contributed by atoms with Crippen molar-refractivity contribution in [1.82, 2.24) is 15.5 Å². The van der Waals surface area contributed by atoms with E-state index in [4.69, 9.17) is 26.4 Å². The van der Waals surface area contributed by atoms with Gasteiger partial charge in [0, 0.05) is 18.7 Å². The summed E-state index contributed by atoms with van der Waals surface area (Å²) in [4.78, 5) is 39.3. The van der Waals surface area contributed by atoms with Crippen molar-refractivity contribution in [3.05, 3.63) is 58.6 Å². The van der Waals surface area contributed by atoms with Crippen LogP contribution in [0.15, 0.2) is 53.0 Å². The molecule has 2 aromatic rings. The smallest absolute Gasteiger partial charge is 0.308 e. The molecule has 1 unspecified atom stereocenters. The van der Waals surface area contributed by atoms with Gasteiger partial charge in [0.05, 0.1) is 17.5 Å². The second-order valence-corrected chi connectivity index (χ2v) is 9.43. The van der Waals surface area contributed by atoms with Crippen LogP contribution in [0.3, 0.4) is 0 Å². The van der Waals surface area contributed by atoms with Gasteiger partial charge >= 0.3 is 5.97 Å². The van der Waals surface area contributed by atoms with Crippen LogP contribution in [0.1, 0.15) is 36.5 Å². The molecule has 3 rings (SSSR count). The highest BCUT2D eigenvalue weighted by atomic mass is 79.9. The number of rotatable bonds is 11. The molecule has 1 fully saturated rings. The molecule has 37 heavy (non-hydrogen) atoms. The minimum absolute atomic E-state index is 0.0380. The molecule has 0 spiro atoms. The first-order valence-corrected chi connectivity index (χ1v) is 13.2. The molecule has 1 saturated heterocycles. The largest absolute Gasteiger partial charge is 0.492 e. The summed E-state index contributed by atoms with van der Waals surface area (Å²) in [7, 11) is 0. The number of benzene rings is 2. The Morgan fingerprint density at radius 2 is 1.92 bits per heavy atom. The maximum Gasteiger partial charge on any atom is 0.308 e. The van der Waals surface area contributed by atoms with E-state index >= 15 is 0 Å². The second kappa shape index (κ2) is 14.5. The molecule has 11 heteroatoms. The van der Waals surface area contributed by atoms with Crippen molar-refractivity contribution < 1.29 is 28.6 Å². The molecule has 0 saturated carbocycles. The molecule has 2 N–H and O–H groups in total. The van der Waals surface area contributed by atoms with Gasteiger partial charge in [-0.15, -0.1) is 0 Å². The van der Waals surface area contributed by atoms with Crippen molar-refractivity contribution in [2.75, 3.05) is 32.9 Å². The van der Waals surface area contributed by atoms with Crippen LogP contribution in [0.5, 0.6) is 11.5 Å². The summed E-state index contributed by atoms with van der Waals surface area (Å²) in [5, 5.41) is 5.45. The number of nitrogens with one attached hydrogen (secondary N) is 2. The second-order valence-electron chi connectivity index (χ2n) is 8.19. The van der Waals surface area contributed by atoms with E-state index in [0.29, 0.717) is 41.2 Å². The predicted octanol–water partition coefficient (Wildman–Crippen LogP) is 3.46. The van der Waals surface area contributed by atoms with Crippen LogP contribution in [-0.2, 0) is 14.3 Å². The molecular weight excluding hydrogens is 562 g/mol. The number of esters is 1. The first-order valence-electron chi connectivity index (χ1n) is 12.0. The quantitative estimate of drug-likeness (QED) is 0.232. The zero-order valence-electron chi connectivity index (χ0n) is 20.5. The minimum atomic E-state index is -0.898. The van der Waals surface area contributed by atoms with Gasteiger partial charge < -0.3 is 24.4 Å². The zero-order chi connectivity index (χ0) is 26.6. The number of hydrogen-bond acceptors (Lipinski definition) is 7. The molecule has 1 atom stereocenters. The fourth-order valence-electron chi connectivity index (χ4n) is 3.54. The van der Waals surface area contributed by atoms with E-state index in [-0.39, 0.29) is 30.7 Å². The van der Waals surface area contributed by atoms with E-state index in [1.54, 1.807) is 30.3 Å². The van der Waals surface area contributed by atoms with Crippen molar-refractivity contribution >= 4 is 51.0 Å². The van der Waals surface area contributed by atoms with E-state index < -0.39 is 17.9 Å². The van der Waals surface area contributed by atoms with E-state index in [1.165, 1.54) is 4.90 Å². The molecule has 1 aliphatic heterocycles. The van der Waals surface area contributed by atoms with Gasteiger partial charge in [-0.25, -0.2) is 0 Å². The minimum Gasteiger partial charge on any atom is -0.492 e. The Labute approximate surface area is 230 Å². The summed E-state index contributed by atoms with van der Waals surface area (Å²) in [6, 6.07) is 13.3. The maximum absolute atomic E-state index is 12.8. The SMILES string of the molecule is CCCCOc1ccc(C(=O)NC(=S)N2CCNC(=O)C2CC(=O)OCCOc2ccccc2)cc1Br. The van der Waals surface area contributed by atoms with E-state index in [0.717, 1.165) is 12.8 Å². The average Bonchev–Trinajstić information content (AvgIpc) is 2.89. The molecule has 2 amide bonds. The molecule has 0 bridgehead atoms. The fraction of sp³-hybridized carbons (Fsp3) is 0.385. The van der Waals surface area contributed by atoms with Gasteiger partial charge in [-0.05, 0) is 64.9 Å². The van der Waals surface area contributed by atoms with Crippen LogP contribution in [-0.4, -0.2) is 66.7 Å². The number of ether oxygens (including phenoxy) is 3. The van der Waals surface area contributed by atoms with Crippen molar-refractivity contribution in [2.24, 2.45) is 0 Å². The van der Waals surface area contributed by atoms with Crippen LogP contribution >= 0.6 is 28.1 Å². The Morgan fingerprint density at radius 1 is 1.14 bits per heavy atom. The summed E-state index contributed by atoms with van der Waals surface area (Å²) in [5.41, 5.74) is 0.368. The van der Waals surface area contributed by atoms with Gasteiger partial charge in [-0.2, -0.15) is 0 Å². The number of carbonyl (C=O) groups excluding carboxylic acids is 3. The van der Waals surface area contributed by atoms with E-state index in [2.05, 4.69) is 33.5 Å². The Kier molecular flexibility index (Phi) is 11.2. The summed E-state index contributed by atoms with van der Waals surface area (Å²) < 4.78 is 17.1. The molecule has 2 aromatic carbocycles. The van der Waals surface area contributed by atoms with E-state index in [1.807, 2.05) is 18.2 Å². The molecule has 0 aliphatic carbocycles. The summed E-state index contributed by atoms with van der Waals surface area (Å²) in [5.74, 6) is -0.0514. The first-order chi connectivity index (χ1) is 17.9. The number of amides is 2. The van der Waals surface area contributed by atoms with E-state index in [9.17, 15) is 14.4 Å². The van der Waals surface area contributed by atoms with Crippen LogP contribution in [0.2, 0.25) is 0 Å². The Morgan fingerprint density at radius 3 is 2.65 bits per heavy atom. The lowest BCUT2D eigenvalue weighted by molar-refractivity contribution is -0.148. The number of piperazine rings is 1. The maximum atomic E-state index is 12.8. The van der Waals surface area contributed by atoms with Gasteiger partial charge in [0.15, 0.2) is 5.11 Å². The fourth-order valence-corrected chi connectivity index (χ4v) is 4.34. The molecule has 9 nitrogen and oxygen atoms in total. The monoisotopic (exact) mass is 591 g/mol. The number of nitrogens with zero attached hydrogens (tertiary/aromatic N) is 1. The third-order valence-electron chi connectivity index (χ3n) is 5.48. The average molecular weight is 593 g/mol. The Balaban J connectivity index is 1.53. The molecule has 198 valence electrons. The number of halogens is 1. The van der Waals surface area contributed by atoms with Crippen molar-refractivity contribution in [1.29, 1.82) is 0 Å². The van der Waals surface area contributed by atoms with Crippen LogP contribution < -0.4 is 20.1 Å².